The summed E-state index contributed by atoms with van der Waals surface area (Å²) >= 11 is 0. The van der Waals surface area contributed by atoms with Gasteiger partial charge in [-0.05, 0) is 41.1 Å². The van der Waals surface area contributed by atoms with Gasteiger partial charge in [0.2, 0.25) is 0 Å². The van der Waals surface area contributed by atoms with Gasteiger partial charge in [-0.2, -0.15) is 4.68 Å². The fourth-order valence-corrected chi connectivity index (χ4v) is 1.37. The maximum Gasteiger partial charge on any atom is 0.156 e. The van der Waals surface area contributed by atoms with Gasteiger partial charge in [0.1, 0.15) is 5.82 Å². The molecule has 2 rings (SSSR count). The van der Waals surface area contributed by atoms with Crippen molar-refractivity contribution in [3.63, 3.8) is 0 Å². The van der Waals surface area contributed by atoms with Crippen molar-refractivity contribution in [3.05, 3.63) is 35.9 Å². The Morgan fingerprint density at radius 1 is 1.25 bits per heavy atom. The third-order valence-electron chi connectivity index (χ3n) is 2.15. The van der Waals surface area contributed by atoms with Gasteiger partial charge in [-0.15, -0.1) is 5.10 Å². The van der Waals surface area contributed by atoms with Crippen LogP contribution in [-0.4, -0.2) is 26.8 Å². The van der Waals surface area contributed by atoms with Crippen molar-refractivity contribution in [2.45, 2.75) is 12.8 Å². The lowest BCUT2D eigenvalue weighted by molar-refractivity contribution is 0.188. The first-order chi connectivity index (χ1) is 7.81. The first kappa shape index (κ1) is 10.7. The third-order valence-corrected chi connectivity index (χ3v) is 2.15. The monoisotopic (exact) mass is 221 g/mol. The zero-order chi connectivity index (χ0) is 11.4. The highest BCUT2D eigenvalue weighted by atomic mass is 19.1. The summed E-state index contributed by atoms with van der Waals surface area (Å²) in [7, 11) is 0. The second-order valence-electron chi connectivity index (χ2n) is 3.29. The SMILES string of the molecule is [O]CCCc1nnnn1-c1ccc(F)cc1. The minimum Gasteiger partial charge on any atom is -0.237 e. The van der Waals surface area contributed by atoms with Crippen LogP contribution in [0.5, 0.6) is 0 Å². The Hall–Kier alpha value is -1.82. The molecule has 1 radical (unpaired) electrons. The number of tetrazole rings is 1. The van der Waals surface area contributed by atoms with E-state index < -0.39 is 0 Å². The van der Waals surface area contributed by atoms with Crippen LogP contribution in [0.1, 0.15) is 12.2 Å². The lowest BCUT2D eigenvalue weighted by Gasteiger charge is -2.02. The molecule has 0 aliphatic carbocycles. The predicted molar refractivity (Wildman–Crippen MR) is 53.0 cm³/mol. The fourth-order valence-electron chi connectivity index (χ4n) is 1.37. The number of aryl methyl sites for hydroxylation is 1. The Labute approximate surface area is 91.5 Å². The van der Waals surface area contributed by atoms with Crippen molar-refractivity contribution in [3.8, 4) is 5.69 Å². The second-order valence-corrected chi connectivity index (χ2v) is 3.29. The molecule has 0 bridgehead atoms. The van der Waals surface area contributed by atoms with Gasteiger partial charge in [-0.3, -0.25) is 0 Å². The van der Waals surface area contributed by atoms with Crippen LogP contribution in [0.25, 0.3) is 5.69 Å². The number of rotatable bonds is 4. The van der Waals surface area contributed by atoms with Gasteiger partial charge in [0, 0.05) is 6.42 Å². The Bertz CT molecular complexity index is 454. The van der Waals surface area contributed by atoms with E-state index >= 15 is 0 Å². The molecule has 16 heavy (non-hydrogen) atoms. The number of aromatic nitrogens is 4. The van der Waals surface area contributed by atoms with Crippen LogP contribution in [0, 0.1) is 5.82 Å². The predicted octanol–water partition coefficient (Wildman–Crippen LogP) is 1.16. The summed E-state index contributed by atoms with van der Waals surface area (Å²) < 4.78 is 14.2. The molecule has 83 valence electrons. The van der Waals surface area contributed by atoms with Crippen LogP contribution in [0.3, 0.4) is 0 Å². The van der Waals surface area contributed by atoms with Crippen LogP contribution in [0.2, 0.25) is 0 Å². The van der Waals surface area contributed by atoms with Crippen molar-refractivity contribution in [1.82, 2.24) is 20.2 Å². The molecule has 0 saturated carbocycles. The maximum atomic E-state index is 12.7. The molecule has 0 fully saturated rings. The second kappa shape index (κ2) is 4.80. The van der Waals surface area contributed by atoms with E-state index in [0.29, 0.717) is 24.4 Å². The smallest absolute Gasteiger partial charge is 0.156 e. The van der Waals surface area contributed by atoms with Crippen molar-refractivity contribution >= 4 is 0 Å². The summed E-state index contributed by atoms with van der Waals surface area (Å²) in [4.78, 5) is 0. The molecule has 0 unspecified atom stereocenters. The first-order valence-electron chi connectivity index (χ1n) is 4.92. The van der Waals surface area contributed by atoms with E-state index in [2.05, 4.69) is 15.5 Å². The van der Waals surface area contributed by atoms with Crippen LogP contribution >= 0.6 is 0 Å². The molecule has 0 amide bonds. The molecular formula is C10H10FN4O. The molecule has 0 aliphatic rings. The lowest BCUT2D eigenvalue weighted by atomic mass is 10.3. The molecule has 1 aromatic heterocycles. The number of benzene rings is 1. The van der Waals surface area contributed by atoms with Crippen LogP contribution in [0.4, 0.5) is 4.39 Å². The van der Waals surface area contributed by atoms with E-state index in [1.165, 1.54) is 16.8 Å². The molecule has 0 atom stereocenters. The standard InChI is InChI=1S/C10H10FN4O/c11-8-3-5-9(6-4-8)15-10(2-1-7-16)12-13-14-15/h3-6H,1-2,7H2. The Morgan fingerprint density at radius 2 is 2.00 bits per heavy atom. The van der Waals surface area contributed by atoms with Gasteiger partial charge >= 0.3 is 0 Å². The Kier molecular flexibility index (Phi) is 3.21. The van der Waals surface area contributed by atoms with E-state index in [4.69, 9.17) is 0 Å². The molecule has 2 aromatic rings. The lowest BCUT2D eigenvalue weighted by Crippen LogP contribution is -2.04. The van der Waals surface area contributed by atoms with Crippen molar-refractivity contribution in [2.24, 2.45) is 0 Å². The van der Waals surface area contributed by atoms with Gasteiger partial charge in [0.15, 0.2) is 5.82 Å². The normalized spacial score (nSPS) is 10.6. The minimum atomic E-state index is -0.307. The number of hydrogen-bond acceptors (Lipinski definition) is 3. The van der Waals surface area contributed by atoms with E-state index in [-0.39, 0.29) is 12.4 Å². The average molecular weight is 221 g/mol. The quantitative estimate of drug-likeness (QED) is 0.778. The van der Waals surface area contributed by atoms with Gasteiger partial charge in [0.25, 0.3) is 0 Å². The average Bonchev–Trinajstić information content (AvgIpc) is 2.75. The van der Waals surface area contributed by atoms with E-state index in [1.54, 1.807) is 12.1 Å². The molecule has 1 aromatic carbocycles. The first-order valence-corrected chi connectivity index (χ1v) is 4.92. The van der Waals surface area contributed by atoms with Gasteiger partial charge in [-0.1, -0.05) is 0 Å². The molecule has 0 saturated heterocycles. The molecule has 1 heterocycles. The molecule has 0 spiro atoms. The number of halogens is 1. The fraction of sp³-hybridized carbons (Fsp3) is 0.300. The number of hydrogen-bond donors (Lipinski definition) is 0. The van der Waals surface area contributed by atoms with Crippen LogP contribution < -0.4 is 0 Å². The maximum absolute atomic E-state index is 12.7. The zero-order valence-electron chi connectivity index (χ0n) is 8.51. The topological polar surface area (TPSA) is 63.5 Å². The summed E-state index contributed by atoms with van der Waals surface area (Å²) in [5, 5.41) is 21.6. The summed E-state index contributed by atoms with van der Waals surface area (Å²) in [5.41, 5.74) is 0.687. The van der Waals surface area contributed by atoms with Crippen molar-refractivity contribution in [1.29, 1.82) is 0 Å². The highest BCUT2D eigenvalue weighted by molar-refractivity contribution is 5.31. The van der Waals surface area contributed by atoms with Crippen molar-refractivity contribution in [2.75, 3.05) is 6.61 Å². The summed E-state index contributed by atoms with van der Waals surface area (Å²) in [5.74, 6) is 0.306. The highest BCUT2D eigenvalue weighted by Gasteiger charge is 2.07. The number of nitrogens with zero attached hydrogens (tertiary/aromatic N) is 4. The van der Waals surface area contributed by atoms with E-state index in [1.807, 2.05) is 0 Å². The van der Waals surface area contributed by atoms with Gasteiger partial charge < -0.3 is 0 Å². The van der Waals surface area contributed by atoms with E-state index in [0.717, 1.165) is 0 Å². The Balaban J connectivity index is 2.26. The van der Waals surface area contributed by atoms with Gasteiger partial charge in [0.05, 0.1) is 12.3 Å². The van der Waals surface area contributed by atoms with Crippen molar-refractivity contribution < 1.29 is 9.50 Å². The highest BCUT2D eigenvalue weighted by Crippen LogP contribution is 2.09. The summed E-state index contributed by atoms with van der Waals surface area (Å²) in [6.45, 7) is -0.156. The Morgan fingerprint density at radius 3 is 2.69 bits per heavy atom. The van der Waals surface area contributed by atoms with Crippen LogP contribution in [-0.2, 0) is 11.5 Å². The summed E-state index contributed by atoms with van der Waals surface area (Å²) in [6.07, 6.45) is 1.01. The molecule has 6 heteroatoms. The minimum absolute atomic E-state index is 0.156. The molecule has 0 aliphatic heterocycles. The molecule has 5 nitrogen and oxygen atoms in total. The largest absolute Gasteiger partial charge is 0.237 e. The zero-order valence-corrected chi connectivity index (χ0v) is 8.51. The van der Waals surface area contributed by atoms with E-state index in [9.17, 15) is 9.50 Å². The van der Waals surface area contributed by atoms with Crippen LogP contribution in [0.15, 0.2) is 24.3 Å². The summed E-state index contributed by atoms with van der Waals surface area (Å²) in [6, 6.07) is 5.86. The van der Waals surface area contributed by atoms with Gasteiger partial charge in [-0.25, -0.2) is 9.50 Å². The molecule has 0 N–H and O–H groups in total. The third kappa shape index (κ3) is 2.22. The molecular weight excluding hydrogens is 211 g/mol.